The van der Waals surface area contributed by atoms with E-state index in [-0.39, 0.29) is 22.4 Å². The summed E-state index contributed by atoms with van der Waals surface area (Å²) in [5.41, 5.74) is 9.51. The first-order valence-corrected chi connectivity index (χ1v) is 18.9. The Labute approximate surface area is 337 Å². The number of methoxy groups -OCH3 is 4. The summed E-state index contributed by atoms with van der Waals surface area (Å²) >= 11 is 0. The van der Waals surface area contributed by atoms with E-state index in [4.69, 9.17) is 28.9 Å². The van der Waals surface area contributed by atoms with E-state index >= 15 is 0 Å². The van der Waals surface area contributed by atoms with Crippen LogP contribution in [0.4, 0.5) is 0 Å². The predicted octanol–water partition coefficient (Wildman–Crippen LogP) is 9.69. The minimum Gasteiger partial charge on any atom is -0.618 e. The van der Waals surface area contributed by atoms with Gasteiger partial charge in [0, 0.05) is 44.1 Å². The number of hydrogen-bond donors (Lipinski definition) is 2. The smallest absolute Gasteiger partial charge is 0.293 e. The summed E-state index contributed by atoms with van der Waals surface area (Å²) in [5.74, 6) is 2.06. The second-order valence-electron chi connectivity index (χ2n) is 14.1. The number of nitrogens with one attached hydrogen (secondary N) is 2. The Kier molecular flexibility index (Phi) is 8.38. The van der Waals surface area contributed by atoms with Gasteiger partial charge in [-0.2, -0.15) is 4.73 Å². The number of aromatic nitrogens is 5. The number of aromatic amines is 2. The van der Waals surface area contributed by atoms with Gasteiger partial charge in [-0.25, -0.2) is 9.97 Å². The van der Waals surface area contributed by atoms with Crippen molar-refractivity contribution in [2.75, 3.05) is 28.4 Å². The molecular weight excluding hydrogens is 743 g/mol. The molecule has 0 spiro atoms. The summed E-state index contributed by atoms with van der Waals surface area (Å²) in [6, 6.07) is 36.2. The molecule has 8 aromatic rings. The highest BCUT2D eigenvalue weighted by Gasteiger charge is 2.35. The minimum absolute atomic E-state index is 0.0826. The van der Waals surface area contributed by atoms with Gasteiger partial charge >= 0.3 is 0 Å². The van der Waals surface area contributed by atoms with Crippen LogP contribution in [0.3, 0.4) is 0 Å². The Morgan fingerprint density at radius 1 is 0.525 bits per heavy atom. The fourth-order valence-corrected chi connectivity index (χ4v) is 8.10. The molecule has 288 valence electrons. The largest absolute Gasteiger partial charge is 0.618 e. The summed E-state index contributed by atoms with van der Waals surface area (Å²) in [6.07, 6.45) is 4.04. The van der Waals surface area contributed by atoms with Crippen LogP contribution < -0.4 is 23.7 Å². The van der Waals surface area contributed by atoms with Crippen LogP contribution in [0, 0.1) is 5.21 Å². The van der Waals surface area contributed by atoms with Gasteiger partial charge in [-0.15, -0.1) is 0 Å². The van der Waals surface area contributed by atoms with E-state index in [1.807, 2.05) is 115 Å². The number of nitrogens with zero attached hydrogens (tertiary/aromatic N) is 3. The third kappa shape index (κ3) is 5.73. The molecule has 0 radical (unpaired) electrons. The summed E-state index contributed by atoms with van der Waals surface area (Å²) in [4.78, 5) is 32.7. The molecular formula is C48H35N5O6. The van der Waals surface area contributed by atoms with Crippen molar-refractivity contribution in [1.82, 2.24) is 19.9 Å². The average molecular weight is 778 g/mol. The highest BCUT2D eigenvalue weighted by molar-refractivity contribution is 6.24. The van der Waals surface area contributed by atoms with E-state index in [2.05, 4.69) is 9.97 Å². The molecule has 8 bridgehead atoms. The quantitative estimate of drug-likeness (QED) is 0.121. The topological polar surface area (TPSA) is 138 Å². The lowest BCUT2D eigenvalue weighted by molar-refractivity contribution is -0.577. The number of benzene rings is 4. The van der Waals surface area contributed by atoms with E-state index in [0.717, 1.165) is 56.2 Å². The van der Waals surface area contributed by atoms with E-state index in [1.165, 1.54) is 0 Å². The molecule has 4 aromatic heterocycles. The van der Waals surface area contributed by atoms with Gasteiger partial charge in [-0.05, 0) is 102 Å². The molecule has 11 nitrogen and oxygen atoms in total. The molecule has 6 heterocycles. The Balaban J connectivity index is 1.42. The summed E-state index contributed by atoms with van der Waals surface area (Å²) in [5, 5.41) is 15.7. The first-order valence-electron chi connectivity index (χ1n) is 18.9. The normalized spacial score (nSPS) is 12.1. The van der Waals surface area contributed by atoms with Crippen LogP contribution in [0.1, 0.15) is 27.6 Å². The lowest BCUT2D eigenvalue weighted by atomic mass is 10.0. The molecule has 10 rings (SSSR count). The van der Waals surface area contributed by atoms with Crippen LogP contribution in [-0.2, 0) is 0 Å². The second-order valence-corrected chi connectivity index (χ2v) is 14.1. The molecule has 2 N–H and O–H groups in total. The van der Waals surface area contributed by atoms with Crippen molar-refractivity contribution in [3.8, 4) is 56.4 Å². The molecule has 0 fully saturated rings. The molecule has 0 saturated carbocycles. The van der Waals surface area contributed by atoms with Crippen molar-refractivity contribution in [1.29, 1.82) is 0 Å². The predicted molar refractivity (Wildman–Crippen MR) is 230 cm³/mol. The molecule has 0 unspecified atom stereocenters. The third-order valence-electron chi connectivity index (χ3n) is 11.0. The van der Waals surface area contributed by atoms with Gasteiger partial charge in [0.05, 0.1) is 51.3 Å². The zero-order valence-electron chi connectivity index (χ0n) is 32.4. The number of pyridine rings is 1. The molecule has 4 aromatic carbocycles. The molecule has 0 atom stereocenters. The molecule has 0 aliphatic carbocycles. The monoisotopic (exact) mass is 777 g/mol. The van der Waals surface area contributed by atoms with Gasteiger partial charge in [-0.1, -0.05) is 36.4 Å². The molecule has 2 aliphatic rings. The van der Waals surface area contributed by atoms with E-state index in [1.54, 1.807) is 40.6 Å². The van der Waals surface area contributed by atoms with Gasteiger partial charge in [0.1, 0.15) is 28.7 Å². The van der Waals surface area contributed by atoms with Crippen LogP contribution in [0.5, 0.6) is 23.0 Å². The SMILES string of the molecule is COc1ccc(-c2c3nc(c(-c4ccc(OC)cc4)c4ccc([nH]4)c4c5nc(c(-c6ccc(OC)cc6)c6ccc2[nH]6)C(=O)c5[n+]([O-])c2cc(OC)ccc42)C=C3)cc1. The van der Waals surface area contributed by atoms with Crippen LogP contribution in [0.15, 0.2) is 115 Å². The van der Waals surface area contributed by atoms with E-state index in [0.29, 0.717) is 49.2 Å². The molecule has 11 heteroatoms. The summed E-state index contributed by atoms with van der Waals surface area (Å²) in [6.45, 7) is 0. The first kappa shape index (κ1) is 35.5. The number of carbonyl (C=O) groups excluding carboxylic acids is 1. The number of ether oxygens (including phenoxy) is 4. The van der Waals surface area contributed by atoms with Crippen molar-refractivity contribution >= 4 is 61.8 Å². The first-order chi connectivity index (χ1) is 28.9. The van der Waals surface area contributed by atoms with E-state index in [9.17, 15) is 10.0 Å². The minimum atomic E-state index is -0.509. The zero-order chi connectivity index (χ0) is 40.4. The number of carbonyl (C=O) groups is 1. The number of fused-ring (bicyclic) bond motifs is 10. The summed E-state index contributed by atoms with van der Waals surface area (Å²) in [7, 11) is 6.42. The maximum atomic E-state index is 14.9. The number of H-pyrrole nitrogens is 2. The Hall–Kier alpha value is -7.92. The maximum absolute atomic E-state index is 14.9. The fourth-order valence-electron chi connectivity index (χ4n) is 8.10. The Bertz CT molecular complexity index is 3220. The summed E-state index contributed by atoms with van der Waals surface area (Å²) < 4.78 is 22.7. The van der Waals surface area contributed by atoms with Crippen LogP contribution in [0.25, 0.3) is 89.4 Å². The third-order valence-corrected chi connectivity index (χ3v) is 11.0. The zero-order valence-corrected chi connectivity index (χ0v) is 32.4. The Morgan fingerprint density at radius 3 is 1.47 bits per heavy atom. The van der Waals surface area contributed by atoms with Gasteiger partial charge in [0.2, 0.25) is 5.52 Å². The van der Waals surface area contributed by atoms with Crippen LogP contribution in [0.2, 0.25) is 0 Å². The van der Waals surface area contributed by atoms with Gasteiger partial charge in [-0.3, -0.25) is 4.79 Å². The van der Waals surface area contributed by atoms with Crippen molar-refractivity contribution < 1.29 is 28.5 Å². The van der Waals surface area contributed by atoms with Crippen molar-refractivity contribution in [2.45, 2.75) is 0 Å². The van der Waals surface area contributed by atoms with Crippen LogP contribution >= 0.6 is 0 Å². The van der Waals surface area contributed by atoms with Crippen LogP contribution in [-0.4, -0.2) is 54.2 Å². The lowest BCUT2D eigenvalue weighted by Gasteiger charge is -2.09. The number of hydrogen-bond acceptors (Lipinski definition) is 8. The fraction of sp³-hybridized carbons (Fsp3) is 0.0833. The van der Waals surface area contributed by atoms with Gasteiger partial charge in [0.25, 0.3) is 11.5 Å². The molecule has 0 saturated heterocycles. The Morgan fingerprint density at radius 2 is 0.966 bits per heavy atom. The molecule has 59 heavy (non-hydrogen) atoms. The van der Waals surface area contributed by atoms with Gasteiger partial charge in [0.15, 0.2) is 5.52 Å². The van der Waals surface area contributed by atoms with Gasteiger partial charge < -0.3 is 34.1 Å². The highest BCUT2D eigenvalue weighted by Crippen LogP contribution is 2.40. The van der Waals surface area contributed by atoms with Crippen molar-refractivity contribution in [3.05, 3.63) is 143 Å². The lowest BCUT2D eigenvalue weighted by Crippen LogP contribution is -2.35. The standard InChI is InChI=1S/C48H35N5O6/c1-56-29-11-5-26(6-12-29)41-34-19-20-35(49-34)42(27-7-13-30(57-2)14-8-27)37-22-24-39(51-37)44-33-18-17-32(59-4)25-40(33)53(55)47-45(44)52-46(48(47)54)43(38-23-21-36(41)50-38)28-9-15-31(58-3)16-10-28/h5-25,50-51H,1-4H3. The van der Waals surface area contributed by atoms with E-state index < -0.39 is 5.78 Å². The molecule has 0 amide bonds. The van der Waals surface area contributed by atoms with Crippen molar-refractivity contribution in [3.63, 3.8) is 0 Å². The molecule has 2 aliphatic heterocycles. The van der Waals surface area contributed by atoms with Crippen molar-refractivity contribution in [2.24, 2.45) is 0 Å². The number of ketones is 1. The maximum Gasteiger partial charge on any atom is 0.293 e. The second kappa shape index (κ2) is 13.9. The highest BCUT2D eigenvalue weighted by atomic mass is 16.5. The average Bonchev–Trinajstić information content (AvgIpc) is 4.11. The number of rotatable bonds is 7.